The molecule has 0 aromatic heterocycles. The monoisotopic (exact) mass is 102 g/mol. The molecule has 7 heavy (non-hydrogen) atoms. The molecule has 0 aromatic rings. The first-order chi connectivity index (χ1) is 3.41. The number of hydrogen-bond acceptors (Lipinski definition) is 3. The zero-order valence-corrected chi connectivity index (χ0v) is 4.61. The van der Waals surface area contributed by atoms with Gasteiger partial charge in [-0.25, -0.2) is 0 Å². The summed E-state index contributed by atoms with van der Waals surface area (Å²) in [6.07, 6.45) is 0. The minimum atomic E-state index is 0.594. The molecular weight excluding hydrogens is 90.9 g/mol. The molecular formula is C3H11BN2O. The van der Waals surface area contributed by atoms with Gasteiger partial charge in [0, 0.05) is 13.7 Å². The van der Waals surface area contributed by atoms with Crippen LogP contribution in [-0.4, -0.2) is 27.8 Å². The lowest BCUT2D eigenvalue weighted by molar-refractivity contribution is 0.431. The summed E-state index contributed by atoms with van der Waals surface area (Å²) >= 11 is 0. The summed E-state index contributed by atoms with van der Waals surface area (Å²) in [6.45, 7) is 1.50. The Balaban J connectivity index is 2.45. The molecule has 0 saturated carbocycles. The van der Waals surface area contributed by atoms with Crippen LogP contribution in [0.5, 0.6) is 0 Å². The van der Waals surface area contributed by atoms with Crippen LogP contribution in [0.4, 0.5) is 0 Å². The van der Waals surface area contributed by atoms with Crippen molar-refractivity contribution in [3.05, 3.63) is 0 Å². The second-order valence-corrected chi connectivity index (χ2v) is 1.22. The number of nitrogens with one attached hydrogen (secondary N) is 1. The second kappa shape index (κ2) is 5.94. The number of hydrogen-bond donors (Lipinski definition) is 2. The smallest absolute Gasteiger partial charge is 0.360 e. The largest absolute Gasteiger partial charge is 0.427 e. The Morgan fingerprint density at radius 2 is 2.57 bits per heavy atom. The van der Waals surface area contributed by atoms with Crippen LogP contribution < -0.4 is 11.0 Å². The van der Waals surface area contributed by atoms with Gasteiger partial charge in [0.1, 0.15) is 0 Å². The van der Waals surface area contributed by atoms with Gasteiger partial charge in [-0.3, -0.25) is 0 Å². The summed E-state index contributed by atoms with van der Waals surface area (Å²) < 4.78 is 4.68. The topological polar surface area (TPSA) is 47.3 Å². The van der Waals surface area contributed by atoms with Gasteiger partial charge in [0.15, 0.2) is 0 Å². The molecule has 0 aliphatic rings. The molecule has 0 aromatic carbocycles. The molecule has 0 spiro atoms. The Bertz CT molecular complexity index is 32.1. The van der Waals surface area contributed by atoms with E-state index < -0.39 is 0 Å². The summed E-state index contributed by atoms with van der Waals surface area (Å²) in [5, 5.41) is 2.94. The lowest BCUT2D eigenvalue weighted by Gasteiger charge is -1.94. The van der Waals surface area contributed by atoms with Gasteiger partial charge < -0.3 is 15.6 Å². The quantitative estimate of drug-likeness (QED) is 0.333. The third kappa shape index (κ3) is 5.94. The zero-order valence-electron chi connectivity index (χ0n) is 4.61. The van der Waals surface area contributed by atoms with Gasteiger partial charge in [-0.2, -0.15) is 0 Å². The van der Waals surface area contributed by atoms with Gasteiger partial charge in [-0.1, -0.05) is 0 Å². The van der Waals surface area contributed by atoms with Crippen LogP contribution in [0, 0.1) is 0 Å². The van der Waals surface area contributed by atoms with Gasteiger partial charge in [0.2, 0.25) is 0 Å². The average molecular weight is 102 g/mol. The maximum Gasteiger partial charge on any atom is 0.360 e. The molecule has 3 N–H and O–H groups in total. The van der Waals surface area contributed by atoms with E-state index in [0.717, 1.165) is 6.54 Å². The van der Waals surface area contributed by atoms with Crippen molar-refractivity contribution in [1.82, 2.24) is 5.23 Å². The van der Waals surface area contributed by atoms with Crippen molar-refractivity contribution >= 4 is 7.62 Å². The predicted octanol–water partition coefficient (Wildman–Crippen LogP) is -1.55. The molecule has 0 aliphatic carbocycles. The predicted molar refractivity (Wildman–Crippen MR) is 31.2 cm³/mol. The van der Waals surface area contributed by atoms with Crippen LogP contribution in [0.1, 0.15) is 0 Å². The fourth-order valence-electron chi connectivity index (χ4n) is 0.276. The van der Waals surface area contributed by atoms with E-state index in [1.54, 1.807) is 7.11 Å². The molecule has 0 unspecified atom stereocenters. The van der Waals surface area contributed by atoms with E-state index >= 15 is 0 Å². The molecule has 0 fully saturated rings. The van der Waals surface area contributed by atoms with Gasteiger partial charge in [-0.15, -0.1) is 0 Å². The van der Waals surface area contributed by atoms with Crippen molar-refractivity contribution in [2.24, 2.45) is 5.73 Å². The lowest BCUT2D eigenvalue weighted by atomic mass is 10.3. The van der Waals surface area contributed by atoms with E-state index in [2.05, 4.69) is 9.88 Å². The van der Waals surface area contributed by atoms with Crippen molar-refractivity contribution in [3.63, 3.8) is 0 Å². The van der Waals surface area contributed by atoms with Crippen LogP contribution in [0.3, 0.4) is 0 Å². The molecule has 0 amide bonds. The fraction of sp³-hybridized carbons (Fsp3) is 1.00. The molecule has 0 saturated heterocycles. The van der Waals surface area contributed by atoms with Crippen molar-refractivity contribution in [1.29, 1.82) is 0 Å². The van der Waals surface area contributed by atoms with Crippen LogP contribution in [0.15, 0.2) is 0 Å². The number of nitrogens with two attached hydrogens (primary N) is 1. The minimum absolute atomic E-state index is 0.594. The standard InChI is InChI=1S/C3H11BN2O/c1-7-4-6-3-2-5/h4,6H,2-3,5H2,1H3. The van der Waals surface area contributed by atoms with Crippen LogP contribution >= 0.6 is 0 Å². The Morgan fingerprint density at radius 1 is 1.86 bits per heavy atom. The van der Waals surface area contributed by atoms with Gasteiger partial charge in [0.05, 0.1) is 0 Å². The first kappa shape index (κ1) is 6.94. The second-order valence-electron chi connectivity index (χ2n) is 1.22. The van der Waals surface area contributed by atoms with Gasteiger partial charge in [0.25, 0.3) is 0 Å². The van der Waals surface area contributed by atoms with Gasteiger partial charge in [-0.05, 0) is 6.54 Å². The summed E-state index contributed by atoms with van der Waals surface area (Å²) in [5.41, 5.74) is 5.15. The minimum Gasteiger partial charge on any atom is -0.427 e. The van der Waals surface area contributed by atoms with E-state index in [-0.39, 0.29) is 0 Å². The Kier molecular flexibility index (Phi) is 5.90. The molecule has 0 atom stereocenters. The molecule has 0 bridgehead atoms. The van der Waals surface area contributed by atoms with Crippen molar-refractivity contribution < 1.29 is 4.65 Å². The molecule has 0 rings (SSSR count). The molecule has 42 valence electrons. The van der Waals surface area contributed by atoms with E-state index in [0.29, 0.717) is 14.2 Å². The summed E-state index contributed by atoms with van der Waals surface area (Å²) in [6, 6.07) is 0. The highest BCUT2D eigenvalue weighted by molar-refractivity contribution is 6.23. The third-order valence-electron chi connectivity index (χ3n) is 0.568. The number of rotatable bonds is 4. The lowest BCUT2D eigenvalue weighted by Crippen LogP contribution is -2.27. The molecule has 0 radical (unpaired) electrons. The molecule has 4 heteroatoms. The highest BCUT2D eigenvalue weighted by Crippen LogP contribution is 1.51. The first-order valence-electron chi connectivity index (χ1n) is 2.31. The SMILES string of the molecule is COBNCCN. The van der Waals surface area contributed by atoms with E-state index in [1.807, 2.05) is 0 Å². The first-order valence-corrected chi connectivity index (χ1v) is 2.31. The molecule has 3 nitrogen and oxygen atoms in total. The molecule has 0 aliphatic heterocycles. The van der Waals surface area contributed by atoms with Crippen LogP contribution in [0.2, 0.25) is 0 Å². The fourth-order valence-corrected chi connectivity index (χ4v) is 0.276. The van der Waals surface area contributed by atoms with Crippen molar-refractivity contribution in [2.75, 3.05) is 20.2 Å². The van der Waals surface area contributed by atoms with Crippen LogP contribution in [0.25, 0.3) is 0 Å². The highest BCUT2D eigenvalue weighted by Gasteiger charge is 1.81. The summed E-state index contributed by atoms with van der Waals surface area (Å²) in [4.78, 5) is 0. The average Bonchev–Trinajstić information content (AvgIpc) is 1.69. The zero-order chi connectivity index (χ0) is 5.54. The summed E-state index contributed by atoms with van der Waals surface area (Å²) in [7, 11) is 2.24. The Labute approximate surface area is 44.5 Å². The maximum atomic E-state index is 5.15. The van der Waals surface area contributed by atoms with Crippen molar-refractivity contribution in [3.8, 4) is 0 Å². The molecule has 0 heterocycles. The van der Waals surface area contributed by atoms with Crippen LogP contribution in [-0.2, 0) is 4.65 Å². The Morgan fingerprint density at radius 3 is 3.00 bits per heavy atom. The van der Waals surface area contributed by atoms with E-state index in [9.17, 15) is 0 Å². The van der Waals surface area contributed by atoms with E-state index in [1.165, 1.54) is 0 Å². The normalized spacial score (nSPS) is 8.86. The maximum absolute atomic E-state index is 5.15. The summed E-state index contributed by atoms with van der Waals surface area (Å²) in [5.74, 6) is 0. The van der Waals surface area contributed by atoms with Gasteiger partial charge >= 0.3 is 7.62 Å². The Hall–Kier alpha value is -0.0551. The highest BCUT2D eigenvalue weighted by atomic mass is 16.4. The van der Waals surface area contributed by atoms with Crippen molar-refractivity contribution in [2.45, 2.75) is 0 Å². The third-order valence-corrected chi connectivity index (χ3v) is 0.568. The van der Waals surface area contributed by atoms with E-state index in [4.69, 9.17) is 5.73 Å².